The second-order valence-electron chi connectivity index (χ2n) is 11.0. The number of piperazine rings is 1. The van der Waals surface area contributed by atoms with E-state index in [0.717, 1.165) is 27.6 Å². The van der Waals surface area contributed by atoms with Crippen LogP contribution in [-0.2, 0) is 22.6 Å². The van der Waals surface area contributed by atoms with E-state index in [9.17, 15) is 14.4 Å². The number of hydrazine groups is 1. The van der Waals surface area contributed by atoms with Crippen molar-refractivity contribution in [3.05, 3.63) is 77.9 Å². The molecule has 1 N–H and O–H groups in total. The molecule has 5 rings (SSSR count). The number of hydrogen-bond donors (Lipinski definition) is 1. The van der Waals surface area contributed by atoms with Crippen LogP contribution in [0.25, 0.3) is 10.8 Å². The van der Waals surface area contributed by atoms with Crippen molar-refractivity contribution in [1.29, 1.82) is 0 Å². The molecule has 2 atom stereocenters. The highest BCUT2D eigenvalue weighted by Crippen LogP contribution is 2.32. The fourth-order valence-electron chi connectivity index (χ4n) is 5.92. The van der Waals surface area contributed by atoms with Crippen molar-refractivity contribution < 1.29 is 14.4 Å². The summed E-state index contributed by atoms with van der Waals surface area (Å²) < 4.78 is 0. The molecule has 210 valence electrons. The third-order valence-corrected chi connectivity index (χ3v) is 7.88. The lowest BCUT2D eigenvalue weighted by atomic mass is 9.98. The molecule has 2 aliphatic rings. The first kappa shape index (κ1) is 27.5. The number of benzene rings is 3. The largest absolute Gasteiger partial charge is 0.378 e. The first-order chi connectivity index (χ1) is 19.2. The van der Waals surface area contributed by atoms with Crippen LogP contribution in [0.2, 0.25) is 0 Å². The van der Waals surface area contributed by atoms with Gasteiger partial charge >= 0.3 is 6.03 Å². The Hall–Kier alpha value is -4.11. The van der Waals surface area contributed by atoms with Crippen LogP contribution < -0.4 is 10.2 Å². The molecule has 2 aliphatic heterocycles. The highest BCUT2D eigenvalue weighted by molar-refractivity contribution is 5.92. The van der Waals surface area contributed by atoms with Crippen molar-refractivity contribution in [1.82, 2.24) is 25.1 Å². The van der Waals surface area contributed by atoms with Gasteiger partial charge in [-0.25, -0.2) is 4.79 Å². The predicted octanol–water partition coefficient (Wildman–Crippen LogP) is 3.29. The SMILES string of the molecule is CNC(=O)N(C(C)C)N1CC(=O)N2[C@@H](Cc3ccc(N(C)C)cc3)C(=O)N(Cc3cccc4ccccc34)C[C@@H]21. The van der Waals surface area contributed by atoms with Crippen molar-refractivity contribution in [2.45, 2.75) is 45.1 Å². The van der Waals surface area contributed by atoms with Crippen LogP contribution in [-0.4, -0.2) is 90.1 Å². The predicted molar refractivity (Wildman–Crippen MR) is 156 cm³/mol. The number of fused-ring (bicyclic) bond motifs is 2. The summed E-state index contributed by atoms with van der Waals surface area (Å²) in [6, 6.07) is 21.3. The summed E-state index contributed by atoms with van der Waals surface area (Å²) in [4.78, 5) is 46.2. The molecule has 0 unspecified atom stereocenters. The molecule has 9 heteroatoms. The number of carbonyl (C=O) groups is 3. The normalized spacial score (nSPS) is 19.4. The van der Waals surface area contributed by atoms with Crippen LogP contribution in [0.15, 0.2) is 66.7 Å². The van der Waals surface area contributed by atoms with Gasteiger partial charge in [0.2, 0.25) is 11.8 Å². The number of urea groups is 1. The third-order valence-electron chi connectivity index (χ3n) is 7.88. The van der Waals surface area contributed by atoms with Crippen LogP contribution >= 0.6 is 0 Å². The Kier molecular flexibility index (Phi) is 7.67. The second kappa shape index (κ2) is 11.2. The van der Waals surface area contributed by atoms with Gasteiger partial charge in [-0.15, -0.1) is 0 Å². The third kappa shape index (κ3) is 5.09. The summed E-state index contributed by atoms with van der Waals surface area (Å²) in [6.07, 6.45) is -0.0537. The van der Waals surface area contributed by atoms with Gasteiger partial charge < -0.3 is 20.0 Å². The highest BCUT2D eigenvalue weighted by atomic mass is 16.2. The second-order valence-corrected chi connectivity index (χ2v) is 11.0. The molecule has 0 saturated carbocycles. The maximum Gasteiger partial charge on any atom is 0.331 e. The molecular weight excluding hydrogens is 504 g/mol. The van der Waals surface area contributed by atoms with Gasteiger partial charge in [0.25, 0.3) is 0 Å². The van der Waals surface area contributed by atoms with Gasteiger partial charge in [-0.05, 0) is 47.9 Å². The first-order valence-corrected chi connectivity index (χ1v) is 13.8. The quantitative estimate of drug-likeness (QED) is 0.496. The zero-order chi connectivity index (χ0) is 28.6. The van der Waals surface area contributed by atoms with Crippen LogP contribution in [0.1, 0.15) is 25.0 Å². The van der Waals surface area contributed by atoms with Crippen molar-refractivity contribution in [2.24, 2.45) is 0 Å². The van der Waals surface area contributed by atoms with E-state index in [-0.39, 0.29) is 30.4 Å². The molecule has 2 fully saturated rings. The molecule has 2 heterocycles. The topological polar surface area (TPSA) is 79.4 Å². The minimum atomic E-state index is -0.671. The van der Waals surface area contributed by atoms with E-state index in [4.69, 9.17) is 0 Å². The summed E-state index contributed by atoms with van der Waals surface area (Å²) in [7, 11) is 5.56. The van der Waals surface area contributed by atoms with Crippen molar-refractivity contribution in [3.63, 3.8) is 0 Å². The standard InChI is InChI=1S/C31H38N6O3/c1-21(2)37(31(40)32-3)35-20-29(38)36-27(17-22-13-15-25(16-14-22)33(4)5)30(39)34(19-28(35)36)18-24-11-8-10-23-9-6-7-12-26(23)24/h6-16,21,27-28H,17-20H2,1-5H3,(H,32,40)/t27-,28+/m0/s1. The van der Waals surface area contributed by atoms with Crippen LogP contribution in [0.4, 0.5) is 10.5 Å². The summed E-state index contributed by atoms with van der Waals surface area (Å²) in [5, 5.41) is 8.37. The van der Waals surface area contributed by atoms with E-state index in [2.05, 4.69) is 29.6 Å². The molecule has 0 spiro atoms. The van der Waals surface area contributed by atoms with Gasteiger partial charge in [0.15, 0.2) is 0 Å². The van der Waals surface area contributed by atoms with E-state index in [1.165, 1.54) is 0 Å². The van der Waals surface area contributed by atoms with Crippen molar-refractivity contribution >= 4 is 34.3 Å². The van der Waals surface area contributed by atoms with E-state index in [1.54, 1.807) is 17.0 Å². The summed E-state index contributed by atoms with van der Waals surface area (Å²) in [6.45, 7) is 4.62. The van der Waals surface area contributed by atoms with Crippen LogP contribution in [0.3, 0.4) is 0 Å². The van der Waals surface area contributed by atoms with Crippen LogP contribution in [0, 0.1) is 0 Å². The Morgan fingerprint density at radius 2 is 1.70 bits per heavy atom. The smallest absolute Gasteiger partial charge is 0.331 e. The van der Waals surface area contributed by atoms with E-state index in [0.29, 0.717) is 19.5 Å². The van der Waals surface area contributed by atoms with Gasteiger partial charge in [-0.2, -0.15) is 5.01 Å². The zero-order valence-electron chi connectivity index (χ0n) is 23.9. The van der Waals surface area contributed by atoms with Gasteiger partial charge in [0.1, 0.15) is 12.2 Å². The lowest BCUT2D eigenvalue weighted by Crippen LogP contribution is -2.66. The maximum absolute atomic E-state index is 14.1. The Labute approximate surface area is 235 Å². The van der Waals surface area contributed by atoms with Gasteiger partial charge in [-0.3, -0.25) is 14.6 Å². The molecule has 3 aromatic rings. The number of carbonyl (C=O) groups excluding carboxylic acids is 3. The molecule has 3 aromatic carbocycles. The zero-order valence-corrected chi connectivity index (χ0v) is 23.9. The lowest BCUT2D eigenvalue weighted by Gasteiger charge is -2.47. The number of nitrogens with one attached hydrogen (secondary N) is 1. The minimum Gasteiger partial charge on any atom is -0.378 e. The fraction of sp³-hybridized carbons (Fsp3) is 0.387. The summed E-state index contributed by atoms with van der Waals surface area (Å²) >= 11 is 0. The van der Waals surface area contributed by atoms with Crippen molar-refractivity contribution in [3.8, 4) is 0 Å². The number of anilines is 1. The molecule has 40 heavy (non-hydrogen) atoms. The summed E-state index contributed by atoms with van der Waals surface area (Å²) in [5.41, 5.74) is 3.10. The van der Waals surface area contributed by atoms with Gasteiger partial charge in [0, 0.05) is 45.8 Å². The Balaban J connectivity index is 1.52. The number of nitrogens with zero attached hydrogens (tertiary/aromatic N) is 5. The molecular formula is C31H38N6O3. The number of hydrogen-bond acceptors (Lipinski definition) is 5. The molecule has 2 saturated heterocycles. The molecule has 9 nitrogen and oxygen atoms in total. The number of amides is 4. The lowest BCUT2D eigenvalue weighted by molar-refractivity contribution is -0.158. The van der Waals surface area contributed by atoms with Gasteiger partial charge in [0.05, 0.1) is 13.1 Å². The maximum atomic E-state index is 14.1. The molecule has 0 radical (unpaired) electrons. The fourth-order valence-corrected chi connectivity index (χ4v) is 5.92. The Bertz CT molecular complexity index is 1400. The van der Waals surface area contributed by atoms with E-state index >= 15 is 0 Å². The molecule has 4 amide bonds. The van der Waals surface area contributed by atoms with E-state index < -0.39 is 12.2 Å². The highest BCUT2D eigenvalue weighted by Gasteiger charge is 2.52. The minimum absolute atomic E-state index is 0.0434. The average molecular weight is 543 g/mol. The summed E-state index contributed by atoms with van der Waals surface area (Å²) in [5.74, 6) is -0.222. The monoisotopic (exact) mass is 542 g/mol. The average Bonchev–Trinajstić information content (AvgIpc) is 3.26. The molecule has 0 aliphatic carbocycles. The Morgan fingerprint density at radius 3 is 2.38 bits per heavy atom. The van der Waals surface area contributed by atoms with E-state index in [1.807, 2.05) is 85.2 Å². The molecule has 0 aromatic heterocycles. The van der Waals surface area contributed by atoms with Crippen molar-refractivity contribution in [2.75, 3.05) is 39.1 Å². The molecule has 0 bridgehead atoms. The Morgan fingerprint density at radius 1 is 1.00 bits per heavy atom. The van der Waals surface area contributed by atoms with Gasteiger partial charge in [-0.1, -0.05) is 54.6 Å². The first-order valence-electron chi connectivity index (χ1n) is 13.8. The number of rotatable bonds is 7. The van der Waals surface area contributed by atoms with Crippen LogP contribution in [0.5, 0.6) is 0 Å².